The van der Waals surface area contributed by atoms with E-state index < -0.39 is 0 Å². The third kappa shape index (κ3) is 4.42. The lowest BCUT2D eigenvalue weighted by atomic mass is 10.2. The van der Waals surface area contributed by atoms with Crippen molar-refractivity contribution in [1.82, 2.24) is 10.2 Å². The van der Waals surface area contributed by atoms with E-state index in [4.69, 9.17) is 18.6 Å². The van der Waals surface area contributed by atoms with Gasteiger partial charge in [0, 0.05) is 22.2 Å². The summed E-state index contributed by atoms with van der Waals surface area (Å²) in [6.07, 6.45) is 1.28. The molecule has 0 aliphatic carbocycles. The van der Waals surface area contributed by atoms with Crippen molar-refractivity contribution < 1.29 is 23.4 Å². The minimum Gasteiger partial charge on any atom is -0.486 e. The van der Waals surface area contributed by atoms with E-state index in [-0.39, 0.29) is 12.5 Å². The molecule has 9 heteroatoms. The van der Waals surface area contributed by atoms with E-state index in [0.717, 1.165) is 16.1 Å². The first-order valence-electron chi connectivity index (χ1n) is 9.98. The molecule has 0 N–H and O–H groups in total. The largest absolute Gasteiger partial charge is 0.486 e. The Bertz CT molecular complexity index is 1180. The lowest BCUT2D eigenvalue weighted by Crippen LogP contribution is -2.34. The third-order valence-electron chi connectivity index (χ3n) is 4.86. The fourth-order valence-corrected chi connectivity index (χ4v) is 3.99. The molecular formula is C23H19N3O5S. The van der Waals surface area contributed by atoms with Crippen molar-refractivity contribution in [2.24, 2.45) is 0 Å². The molecule has 0 saturated heterocycles. The van der Waals surface area contributed by atoms with Gasteiger partial charge in [0.15, 0.2) is 18.1 Å². The summed E-state index contributed by atoms with van der Waals surface area (Å²) in [5.41, 5.74) is 1.50. The van der Waals surface area contributed by atoms with Crippen LogP contribution in [0.25, 0.3) is 11.5 Å². The van der Waals surface area contributed by atoms with E-state index in [1.165, 1.54) is 6.39 Å². The van der Waals surface area contributed by atoms with E-state index in [1.807, 2.05) is 35.7 Å². The van der Waals surface area contributed by atoms with Gasteiger partial charge in [-0.25, -0.2) is 0 Å². The smallest absolute Gasteiger partial charge is 0.265 e. The SMILES string of the molecule is O=C(COc1ccc(-c2nnco2)cc1)N(Cc1cccs1)c1ccc2c(c1)OCCO2. The second-order valence-corrected chi connectivity index (χ2v) is 7.98. The molecule has 0 unspecified atom stereocenters. The zero-order valence-corrected chi connectivity index (χ0v) is 17.8. The fraction of sp³-hybridized carbons (Fsp3) is 0.174. The maximum absolute atomic E-state index is 13.2. The highest BCUT2D eigenvalue weighted by Gasteiger charge is 2.21. The molecule has 0 fully saturated rings. The Balaban J connectivity index is 1.31. The zero-order chi connectivity index (χ0) is 21.8. The number of benzene rings is 2. The van der Waals surface area contributed by atoms with E-state index >= 15 is 0 Å². The molecule has 0 saturated carbocycles. The summed E-state index contributed by atoms with van der Waals surface area (Å²) in [6, 6.07) is 16.6. The number of carbonyl (C=O) groups is 1. The molecule has 0 spiro atoms. The zero-order valence-electron chi connectivity index (χ0n) is 17.0. The number of nitrogens with zero attached hydrogens (tertiary/aromatic N) is 3. The number of aromatic nitrogens is 2. The van der Waals surface area contributed by atoms with Gasteiger partial charge in [-0.2, -0.15) is 0 Å². The molecule has 1 aliphatic heterocycles. The highest BCUT2D eigenvalue weighted by atomic mass is 32.1. The predicted molar refractivity (Wildman–Crippen MR) is 118 cm³/mol. The van der Waals surface area contributed by atoms with Crippen molar-refractivity contribution in [2.75, 3.05) is 24.7 Å². The number of anilines is 1. The van der Waals surface area contributed by atoms with E-state index in [9.17, 15) is 4.79 Å². The number of carbonyl (C=O) groups excluding carboxylic acids is 1. The Morgan fingerprint density at radius 2 is 1.91 bits per heavy atom. The summed E-state index contributed by atoms with van der Waals surface area (Å²) < 4.78 is 22.2. The van der Waals surface area contributed by atoms with E-state index in [2.05, 4.69) is 10.2 Å². The van der Waals surface area contributed by atoms with Crippen molar-refractivity contribution in [3.8, 4) is 28.7 Å². The van der Waals surface area contributed by atoms with Gasteiger partial charge >= 0.3 is 0 Å². The van der Waals surface area contributed by atoms with Crippen LogP contribution in [0.1, 0.15) is 4.88 Å². The molecule has 8 nitrogen and oxygen atoms in total. The molecule has 32 heavy (non-hydrogen) atoms. The first kappa shape index (κ1) is 20.1. The van der Waals surface area contributed by atoms with Gasteiger partial charge in [0.2, 0.25) is 12.3 Å². The number of rotatable bonds is 7. The Hall–Kier alpha value is -3.85. The monoisotopic (exact) mass is 449 g/mol. The molecule has 5 rings (SSSR count). The lowest BCUT2D eigenvalue weighted by molar-refractivity contribution is -0.120. The fourth-order valence-electron chi connectivity index (χ4n) is 3.30. The lowest BCUT2D eigenvalue weighted by Gasteiger charge is -2.25. The first-order valence-corrected chi connectivity index (χ1v) is 10.9. The van der Waals surface area contributed by atoms with Crippen LogP contribution in [0.3, 0.4) is 0 Å². The van der Waals surface area contributed by atoms with Crippen molar-refractivity contribution in [3.63, 3.8) is 0 Å². The summed E-state index contributed by atoms with van der Waals surface area (Å²) in [5, 5.41) is 9.54. The van der Waals surface area contributed by atoms with Gasteiger partial charge in [-0.1, -0.05) is 6.07 Å². The van der Waals surface area contributed by atoms with Crippen LogP contribution in [0.4, 0.5) is 5.69 Å². The number of hydrogen-bond donors (Lipinski definition) is 0. The van der Waals surface area contributed by atoms with E-state index in [1.54, 1.807) is 40.5 Å². The summed E-state index contributed by atoms with van der Waals surface area (Å²) in [7, 11) is 0. The van der Waals surface area contributed by atoms with Crippen LogP contribution in [-0.4, -0.2) is 35.9 Å². The van der Waals surface area contributed by atoms with Gasteiger partial charge in [-0.3, -0.25) is 4.79 Å². The second kappa shape index (κ2) is 9.11. The second-order valence-electron chi connectivity index (χ2n) is 6.94. The van der Waals surface area contributed by atoms with Gasteiger partial charge in [0.25, 0.3) is 5.91 Å². The van der Waals surface area contributed by atoms with Crippen molar-refractivity contribution >= 4 is 22.9 Å². The molecule has 4 aromatic rings. The molecule has 162 valence electrons. The Morgan fingerprint density at radius 3 is 2.66 bits per heavy atom. The molecule has 0 radical (unpaired) electrons. The van der Waals surface area contributed by atoms with Crippen molar-refractivity contribution in [2.45, 2.75) is 6.54 Å². The Morgan fingerprint density at radius 1 is 1.06 bits per heavy atom. The van der Waals surface area contributed by atoms with Gasteiger partial charge < -0.3 is 23.5 Å². The number of hydrogen-bond acceptors (Lipinski definition) is 8. The maximum Gasteiger partial charge on any atom is 0.265 e. The standard InChI is InChI=1S/C23H19N3O5S/c27-22(14-30-18-6-3-16(4-7-18)23-25-24-15-31-23)26(13-19-2-1-11-32-19)17-5-8-20-21(12-17)29-10-9-28-20/h1-8,11-12,15H,9-10,13-14H2. The summed E-state index contributed by atoms with van der Waals surface area (Å²) in [4.78, 5) is 15.9. The first-order chi connectivity index (χ1) is 15.8. The van der Waals surface area contributed by atoms with Gasteiger partial charge in [-0.15, -0.1) is 21.5 Å². The van der Waals surface area contributed by atoms with Gasteiger partial charge in [0.05, 0.1) is 6.54 Å². The number of ether oxygens (including phenoxy) is 3. The average Bonchev–Trinajstić information content (AvgIpc) is 3.56. The minimum atomic E-state index is -0.170. The molecule has 2 aromatic heterocycles. The van der Waals surface area contributed by atoms with Gasteiger partial charge in [0.1, 0.15) is 19.0 Å². The molecule has 0 atom stereocenters. The Kier molecular flexibility index (Phi) is 5.71. The molecule has 1 aliphatic rings. The van der Waals surface area contributed by atoms with Crippen LogP contribution in [0.15, 0.2) is 70.8 Å². The predicted octanol–water partition coefficient (Wildman–Crippen LogP) is 4.18. The van der Waals surface area contributed by atoms with Gasteiger partial charge in [-0.05, 0) is 47.8 Å². The summed E-state index contributed by atoms with van der Waals surface area (Å²) >= 11 is 1.60. The van der Waals surface area contributed by atoms with Crippen LogP contribution in [0.5, 0.6) is 17.2 Å². The Labute approximate surface area is 188 Å². The van der Waals surface area contributed by atoms with Crippen LogP contribution in [0.2, 0.25) is 0 Å². The van der Waals surface area contributed by atoms with Crippen LogP contribution in [-0.2, 0) is 11.3 Å². The number of thiophene rings is 1. The van der Waals surface area contributed by atoms with Crippen LogP contribution < -0.4 is 19.1 Å². The number of fused-ring (bicyclic) bond motifs is 1. The number of amides is 1. The normalized spacial score (nSPS) is 12.4. The van der Waals surface area contributed by atoms with Crippen molar-refractivity contribution in [1.29, 1.82) is 0 Å². The maximum atomic E-state index is 13.2. The quantitative estimate of drug-likeness (QED) is 0.418. The highest BCUT2D eigenvalue weighted by Crippen LogP contribution is 2.35. The molecule has 0 bridgehead atoms. The van der Waals surface area contributed by atoms with Crippen molar-refractivity contribution in [3.05, 3.63) is 71.2 Å². The van der Waals surface area contributed by atoms with E-state index in [0.29, 0.717) is 42.9 Å². The average molecular weight is 449 g/mol. The summed E-state index contributed by atoms with van der Waals surface area (Å²) in [5.74, 6) is 2.14. The molecule has 1 amide bonds. The molecule has 3 heterocycles. The highest BCUT2D eigenvalue weighted by molar-refractivity contribution is 7.09. The minimum absolute atomic E-state index is 0.111. The molecular weight excluding hydrogens is 430 g/mol. The summed E-state index contributed by atoms with van der Waals surface area (Å²) in [6.45, 7) is 1.33. The van der Waals surface area contributed by atoms with Crippen LogP contribution >= 0.6 is 11.3 Å². The topological polar surface area (TPSA) is 86.9 Å². The van der Waals surface area contributed by atoms with Crippen LogP contribution in [0, 0.1) is 0 Å². The molecule has 2 aromatic carbocycles. The third-order valence-corrected chi connectivity index (χ3v) is 5.72.